The fourth-order valence-electron chi connectivity index (χ4n) is 2.88. The molecule has 3 rings (SSSR count). The predicted molar refractivity (Wildman–Crippen MR) is 77.4 cm³/mol. The van der Waals surface area contributed by atoms with E-state index in [4.69, 9.17) is 4.74 Å². The Balaban J connectivity index is 2.38. The van der Waals surface area contributed by atoms with Gasteiger partial charge in [0.1, 0.15) is 11.5 Å². The summed E-state index contributed by atoms with van der Waals surface area (Å²) in [5, 5.41) is 21.3. The number of phenols is 1. The van der Waals surface area contributed by atoms with Crippen LogP contribution in [0.25, 0.3) is 0 Å². The van der Waals surface area contributed by atoms with Crippen molar-refractivity contribution in [3.8, 4) is 11.5 Å². The molecule has 4 heteroatoms. The second-order valence-corrected chi connectivity index (χ2v) is 5.39. The van der Waals surface area contributed by atoms with Gasteiger partial charge in [0.15, 0.2) is 0 Å². The molecule has 0 amide bonds. The molecule has 2 aromatic carbocycles. The zero-order valence-electron chi connectivity index (χ0n) is 12.1. The van der Waals surface area contributed by atoms with Crippen molar-refractivity contribution in [1.29, 1.82) is 0 Å². The first-order valence-electron chi connectivity index (χ1n) is 6.72. The minimum atomic E-state index is -1.88. The van der Waals surface area contributed by atoms with Gasteiger partial charge < -0.3 is 14.9 Å². The summed E-state index contributed by atoms with van der Waals surface area (Å²) in [7, 11) is 0. The fraction of sp³-hybridized carbons (Fsp3) is 0.235. The number of carbonyl (C=O) groups excluding carboxylic acids is 1. The molecule has 0 saturated carbocycles. The predicted octanol–water partition coefficient (Wildman–Crippen LogP) is 2.47. The van der Waals surface area contributed by atoms with Crippen LogP contribution in [0.1, 0.15) is 27.8 Å². The Bertz CT molecular complexity index is 749. The third-order valence-electron chi connectivity index (χ3n) is 4.26. The van der Waals surface area contributed by atoms with Gasteiger partial charge >= 0.3 is 5.97 Å². The van der Waals surface area contributed by atoms with E-state index < -0.39 is 11.6 Å². The van der Waals surface area contributed by atoms with Gasteiger partial charge in [0.25, 0.3) is 0 Å². The van der Waals surface area contributed by atoms with Crippen molar-refractivity contribution in [3.05, 3.63) is 58.1 Å². The molecule has 2 N–H and O–H groups in total. The molecule has 2 aromatic rings. The van der Waals surface area contributed by atoms with Crippen molar-refractivity contribution in [2.24, 2.45) is 0 Å². The Hall–Kier alpha value is -2.33. The van der Waals surface area contributed by atoms with Gasteiger partial charge in [-0.05, 0) is 37.5 Å². The first kappa shape index (κ1) is 13.6. The maximum Gasteiger partial charge on any atom is 0.353 e. The van der Waals surface area contributed by atoms with Crippen LogP contribution in [0.3, 0.4) is 0 Å². The van der Waals surface area contributed by atoms with Crippen LogP contribution in [0, 0.1) is 20.8 Å². The lowest BCUT2D eigenvalue weighted by Crippen LogP contribution is -2.35. The number of fused-ring (bicyclic) bond motifs is 1. The molecular weight excluding hydrogens is 268 g/mol. The molecule has 1 atom stereocenters. The summed E-state index contributed by atoms with van der Waals surface area (Å²) < 4.78 is 5.32. The van der Waals surface area contributed by atoms with Crippen molar-refractivity contribution in [2.45, 2.75) is 26.4 Å². The molecular formula is C17H16O4. The average molecular weight is 284 g/mol. The minimum Gasteiger partial charge on any atom is -0.507 e. The molecule has 0 fully saturated rings. The van der Waals surface area contributed by atoms with E-state index in [2.05, 4.69) is 0 Å². The van der Waals surface area contributed by atoms with Gasteiger partial charge in [-0.25, -0.2) is 4.79 Å². The summed E-state index contributed by atoms with van der Waals surface area (Å²) in [6.07, 6.45) is 0. The van der Waals surface area contributed by atoms with E-state index in [1.54, 1.807) is 51.1 Å². The first-order chi connectivity index (χ1) is 9.89. The van der Waals surface area contributed by atoms with Crippen LogP contribution in [0.4, 0.5) is 0 Å². The number of hydrogen-bond acceptors (Lipinski definition) is 4. The minimum absolute atomic E-state index is 0.0823. The summed E-state index contributed by atoms with van der Waals surface area (Å²) in [6, 6.07) is 8.63. The van der Waals surface area contributed by atoms with E-state index in [1.807, 2.05) is 0 Å². The smallest absolute Gasteiger partial charge is 0.353 e. The Morgan fingerprint density at radius 2 is 1.62 bits per heavy atom. The van der Waals surface area contributed by atoms with Gasteiger partial charge in [0, 0.05) is 11.1 Å². The molecule has 108 valence electrons. The lowest BCUT2D eigenvalue weighted by Gasteiger charge is -2.22. The molecule has 1 heterocycles. The maximum atomic E-state index is 12.3. The Morgan fingerprint density at radius 3 is 2.24 bits per heavy atom. The van der Waals surface area contributed by atoms with E-state index in [9.17, 15) is 15.0 Å². The largest absolute Gasteiger partial charge is 0.507 e. The standard InChI is InChI=1S/C17H16O4/c1-9-10(2)15-13(11(3)14(9)18)17(20,16(19)21-15)12-7-5-4-6-8-12/h4-8,18,20H,1-3H3. The van der Waals surface area contributed by atoms with Crippen LogP contribution in [-0.4, -0.2) is 16.2 Å². The highest BCUT2D eigenvalue weighted by molar-refractivity contribution is 5.94. The molecule has 0 bridgehead atoms. The fourth-order valence-corrected chi connectivity index (χ4v) is 2.88. The molecule has 1 aliphatic rings. The number of phenolic OH excluding ortho intramolecular Hbond substituents is 1. The molecule has 0 aliphatic carbocycles. The normalized spacial score (nSPS) is 20.3. The van der Waals surface area contributed by atoms with E-state index in [-0.39, 0.29) is 5.75 Å². The van der Waals surface area contributed by atoms with Gasteiger partial charge in [-0.1, -0.05) is 30.3 Å². The molecule has 21 heavy (non-hydrogen) atoms. The zero-order chi connectivity index (χ0) is 15.4. The highest BCUT2D eigenvalue weighted by Crippen LogP contribution is 2.49. The lowest BCUT2D eigenvalue weighted by molar-refractivity contribution is -0.147. The van der Waals surface area contributed by atoms with Crippen molar-refractivity contribution >= 4 is 5.97 Å². The van der Waals surface area contributed by atoms with Gasteiger partial charge in [-0.3, -0.25) is 0 Å². The highest BCUT2D eigenvalue weighted by Gasteiger charge is 2.51. The quantitative estimate of drug-likeness (QED) is 0.623. The second-order valence-electron chi connectivity index (χ2n) is 5.39. The van der Waals surface area contributed by atoms with Gasteiger partial charge in [-0.2, -0.15) is 0 Å². The molecule has 0 aromatic heterocycles. The van der Waals surface area contributed by atoms with Crippen LogP contribution in [-0.2, 0) is 10.4 Å². The number of aliphatic hydroxyl groups is 1. The van der Waals surface area contributed by atoms with Crippen molar-refractivity contribution < 1.29 is 19.7 Å². The van der Waals surface area contributed by atoms with Crippen LogP contribution in [0.15, 0.2) is 30.3 Å². The van der Waals surface area contributed by atoms with E-state index >= 15 is 0 Å². The lowest BCUT2D eigenvalue weighted by atomic mass is 9.83. The summed E-state index contributed by atoms with van der Waals surface area (Å²) >= 11 is 0. The van der Waals surface area contributed by atoms with Gasteiger partial charge in [0.05, 0.1) is 0 Å². The van der Waals surface area contributed by atoms with Crippen molar-refractivity contribution in [1.82, 2.24) is 0 Å². The average Bonchev–Trinajstić information content (AvgIpc) is 2.77. The molecule has 1 unspecified atom stereocenters. The molecule has 0 radical (unpaired) electrons. The monoisotopic (exact) mass is 284 g/mol. The number of aromatic hydroxyl groups is 1. The highest BCUT2D eigenvalue weighted by atomic mass is 16.6. The summed E-state index contributed by atoms with van der Waals surface area (Å²) in [5.74, 6) is -0.307. The Labute approximate surface area is 122 Å². The topological polar surface area (TPSA) is 66.8 Å². The van der Waals surface area contributed by atoms with E-state index in [1.165, 1.54) is 0 Å². The van der Waals surface area contributed by atoms with Crippen LogP contribution >= 0.6 is 0 Å². The Morgan fingerprint density at radius 1 is 1.00 bits per heavy atom. The van der Waals surface area contributed by atoms with Crippen LogP contribution in [0.2, 0.25) is 0 Å². The van der Waals surface area contributed by atoms with Crippen LogP contribution < -0.4 is 4.74 Å². The molecule has 0 spiro atoms. The summed E-state index contributed by atoms with van der Waals surface area (Å²) in [6.45, 7) is 5.19. The van der Waals surface area contributed by atoms with Crippen LogP contribution in [0.5, 0.6) is 11.5 Å². The van der Waals surface area contributed by atoms with Gasteiger partial charge in [-0.15, -0.1) is 0 Å². The van der Waals surface area contributed by atoms with E-state index in [0.717, 1.165) is 0 Å². The first-order valence-corrected chi connectivity index (χ1v) is 6.72. The summed E-state index contributed by atoms with van der Waals surface area (Å²) in [5.41, 5.74) is 0.658. The number of rotatable bonds is 1. The third-order valence-corrected chi connectivity index (χ3v) is 4.26. The molecule has 4 nitrogen and oxygen atoms in total. The van der Waals surface area contributed by atoms with Crippen molar-refractivity contribution in [2.75, 3.05) is 0 Å². The zero-order valence-corrected chi connectivity index (χ0v) is 12.1. The molecule has 0 saturated heterocycles. The van der Waals surface area contributed by atoms with Crippen molar-refractivity contribution in [3.63, 3.8) is 0 Å². The maximum absolute atomic E-state index is 12.3. The van der Waals surface area contributed by atoms with Gasteiger partial charge in [0.2, 0.25) is 5.60 Å². The number of carbonyl (C=O) groups is 1. The number of hydrogen-bond donors (Lipinski definition) is 2. The third kappa shape index (κ3) is 1.63. The Kier molecular flexibility index (Phi) is 2.81. The second kappa shape index (κ2) is 4.33. The SMILES string of the molecule is Cc1c(C)c2c(c(C)c1O)C(O)(c1ccccc1)C(=O)O2. The number of ether oxygens (including phenoxy) is 1. The number of esters is 1. The van der Waals surface area contributed by atoms with E-state index in [0.29, 0.717) is 33.6 Å². The summed E-state index contributed by atoms with van der Waals surface area (Å²) in [4.78, 5) is 12.3. The molecule has 1 aliphatic heterocycles. The number of benzene rings is 2.